The average molecular weight is 410 g/mol. The Kier molecular flexibility index (Phi) is 2.31. The van der Waals surface area contributed by atoms with Crippen molar-refractivity contribution in [1.29, 1.82) is 0 Å². The van der Waals surface area contributed by atoms with E-state index in [4.69, 9.17) is 0 Å². The van der Waals surface area contributed by atoms with Crippen LogP contribution in [0.5, 0.6) is 0 Å². The number of rotatable bonds is 3. The van der Waals surface area contributed by atoms with Gasteiger partial charge >= 0.3 is 11.4 Å². The molecule has 10 rings (SSSR count). The molecule has 1 saturated heterocycles. The average Bonchev–Trinajstić information content (AvgIpc) is 3.40. The second kappa shape index (κ2) is 4.51. The maximum Gasteiger partial charge on any atom is 0.352 e. The largest absolute Gasteiger partial charge is 0.352 e. The minimum atomic E-state index is -0.132. The molecule has 6 nitrogen and oxygen atoms in total. The summed E-state index contributed by atoms with van der Waals surface area (Å²) in [4.78, 5) is 29.8. The summed E-state index contributed by atoms with van der Waals surface area (Å²) < 4.78 is 5.24. The zero-order valence-corrected chi connectivity index (χ0v) is 17.0. The number of hydrogen-bond donors (Lipinski definition) is 0. The number of nitrogens with zero attached hydrogens (tertiary/aromatic N) is 4. The summed E-state index contributed by atoms with van der Waals surface area (Å²) in [6, 6.07) is 20.5. The second-order valence-corrected chi connectivity index (χ2v) is 10.7. The first-order chi connectivity index (χ1) is 15.2. The monoisotopic (exact) mass is 410 g/mol. The number of piperidine rings is 1. The summed E-state index contributed by atoms with van der Waals surface area (Å²) in [5.74, 6) is 2.73. The summed E-state index contributed by atoms with van der Waals surface area (Å²) in [6.07, 6.45) is 0. The summed E-state index contributed by atoms with van der Waals surface area (Å²) in [5, 5.41) is 0. The lowest BCUT2D eigenvalue weighted by molar-refractivity contribution is 0.0280. The highest BCUT2D eigenvalue weighted by Gasteiger charge is 3.04. The lowest BCUT2D eigenvalue weighted by Crippen LogP contribution is -2.52. The van der Waals surface area contributed by atoms with E-state index < -0.39 is 0 Å². The van der Waals surface area contributed by atoms with Gasteiger partial charge in [0.05, 0.1) is 17.8 Å². The molecule has 4 saturated carbocycles. The smallest absolute Gasteiger partial charge is 0.298 e. The van der Waals surface area contributed by atoms with Crippen LogP contribution in [0, 0.1) is 34.5 Å². The Hall–Kier alpha value is -2.86. The van der Waals surface area contributed by atoms with Gasteiger partial charge in [-0.3, -0.25) is 4.90 Å². The quantitative estimate of drug-likeness (QED) is 0.663. The van der Waals surface area contributed by atoms with Gasteiger partial charge in [0, 0.05) is 30.5 Å². The van der Waals surface area contributed by atoms with E-state index in [1.807, 2.05) is 39.7 Å². The van der Waals surface area contributed by atoms with Crippen molar-refractivity contribution < 1.29 is 0 Å². The van der Waals surface area contributed by atoms with Crippen molar-refractivity contribution in [1.82, 2.24) is 18.8 Å². The van der Waals surface area contributed by atoms with E-state index in [0.717, 1.165) is 31.5 Å². The van der Waals surface area contributed by atoms with Crippen molar-refractivity contribution in [3.8, 4) is 5.69 Å². The minimum Gasteiger partial charge on any atom is -0.298 e. The van der Waals surface area contributed by atoms with Gasteiger partial charge in [-0.05, 0) is 41.4 Å². The van der Waals surface area contributed by atoms with E-state index in [1.54, 1.807) is 0 Å². The van der Waals surface area contributed by atoms with Gasteiger partial charge in [0.2, 0.25) is 0 Å². The summed E-state index contributed by atoms with van der Waals surface area (Å²) >= 11 is 0. The summed E-state index contributed by atoms with van der Waals surface area (Å²) in [7, 11) is 0. The third kappa shape index (κ3) is 1.36. The van der Waals surface area contributed by atoms with Crippen LogP contribution in [0.3, 0.4) is 0 Å². The van der Waals surface area contributed by atoms with Gasteiger partial charge in [-0.2, -0.15) is 0 Å². The first-order valence-electron chi connectivity index (χ1n) is 11.5. The van der Waals surface area contributed by atoms with Crippen LogP contribution in [0.1, 0.15) is 17.6 Å². The van der Waals surface area contributed by atoms with E-state index in [0.29, 0.717) is 17.5 Å². The first-order valence-corrected chi connectivity index (χ1v) is 11.5. The van der Waals surface area contributed by atoms with Crippen molar-refractivity contribution in [3.05, 3.63) is 87.2 Å². The standard InChI is InChI=1S/C25H22N4O2/c30-22-27(15-9-5-2-6-10-15)23(31)29-21-18-16-17(18)20(28(22)29)24-12-26(13-25(21,24)19(16)24)11-14-7-3-1-4-8-14/h1-10,16-21H,11-13H2/t16?,17-,18+,19?,20-,21-,24-,25-/m0/s1. The third-order valence-electron chi connectivity index (χ3n) is 10.0. The van der Waals surface area contributed by atoms with Crippen LogP contribution >= 0.6 is 0 Å². The molecule has 4 heterocycles. The van der Waals surface area contributed by atoms with Gasteiger partial charge in [0.25, 0.3) is 0 Å². The van der Waals surface area contributed by atoms with E-state index in [2.05, 4.69) is 35.2 Å². The topological polar surface area (TPSA) is 52.2 Å². The highest BCUT2D eigenvalue weighted by atomic mass is 16.2. The molecule has 2 bridgehead atoms. The number of para-hydroxylation sites is 1. The molecule has 2 aromatic carbocycles. The van der Waals surface area contributed by atoms with Crippen LogP contribution in [0.4, 0.5) is 0 Å². The Morgan fingerprint density at radius 3 is 1.87 bits per heavy atom. The maximum atomic E-state index is 13.6. The molecule has 4 aliphatic carbocycles. The molecule has 2 unspecified atom stereocenters. The molecule has 0 radical (unpaired) electrons. The molecule has 7 aliphatic rings. The van der Waals surface area contributed by atoms with Crippen LogP contribution in [-0.4, -0.2) is 31.9 Å². The van der Waals surface area contributed by atoms with Gasteiger partial charge in [-0.15, -0.1) is 0 Å². The van der Waals surface area contributed by atoms with Crippen LogP contribution in [0.2, 0.25) is 0 Å². The molecule has 31 heavy (non-hydrogen) atoms. The molecule has 0 N–H and O–H groups in total. The Labute approximate surface area is 178 Å². The molecule has 2 spiro atoms. The van der Waals surface area contributed by atoms with Gasteiger partial charge in [-0.25, -0.2) is 23.5 Å². The van der Waals surface area contributed by atoms with E-state index in [1.165, 1.54) is 10.1 Å². The van der Waals surface area contributed by atoms with Gasteiger partial charge in [0.1, 0.15) is 0 Å². The van der Waals surface area contributed by atoms with E-state index in [9.17, 15) is 9.59 Å². The number of benzene rings is 2. The Morgan fingerprint density at radius 2 is 1.29 bits per heavy atom. The van der Waals surface area contributed by atoms with Crippen molar-refractivity contribution in [3.63, 3.8) is 0 Å². The fourth-order valence-electron chi connectivity index (χ4n) is 9.61. The maximum absolute atomic E-state index is 13.6. The van der Waals surface area contributed by atoms with Crippen molar-refractivity contribution >= 4 is 0 Å². The van der Waals surface area contributed by atoms with Gasteiger partial charge < -0.3 is 0 Å². The number of likely N-dealkylation sites (tertiary alicyclic amines) is 1. The molecule has 1 aromatic heterocycles. The molecule has 154 valence electrons. The second-order valence-electron chi connectivity index (χ2n) is 10.7. The molecule has 3 aromatic rings. The van der Waals surface area contributed by atoms with Gasteiger partial charge in [-0.1, -0.05) is 48.5 Å². The number of hydrogen-bond acceptors (Lipinski definition) is 3. The molecular weight excluding hydrogens is 388 g/mol. The Bertz CT molecular complexity index is 1360. The first kappa shape index (κ1) is 15.9. The zero-order chi connectivity index (χ0) is 20.3. The lowest BCUT2D eigenvalue weighted by atomic mass is 9.73. The normalized spacial score (nSPS) is 43.7. The predicted octanol–water partition coefficient (Wildman–Crippen LogP) is 1.90. The van der Waals surface area contributed by atoms with Crippen molar-refractivity contribution in [2.24, 2.45) is 34.5 Å². The Balaban J connectivity index is 1.20. The van der Waals surface area contributed by atoms with Crippen LogP contribution in [0.25, 0.3) is 5.69 Å². The van der Waals surface area contributed by atoms with Crippen LogP contribution in [-0.2, 0) is 6.54 Å². The number of aromatic nitrogens is 3. The van der Waals surface area contributed by atoms with Crippen LogP contribution < -0.4 is 11.4 Å². The van der Waals surface area contributed by atoms with Crippen molar-refractivity contribution in [2.75, 3.05) is 13.1 Å². The Morgan fingerprint density at radius 1 is 0.742 bits per heavy atom. The zero-order valence-electron chi connectivity index (χ0n) is 17.0. The van der Waals surface area contributed by atoms with E-state index in [-0.39, 0.29) is 34.3 Å². The lowest BCUT2D eigenvalue weighted by Gasteiger charge is -2.45. The van der Waals surface area contributed by atoms with Crippen molar-refractivity contribution in [2.45, 2.75) is 18.6 Å². The van der Waals surface area contributed by atoms with E-state index >= 15 is 0 Å². The molecule has 6 heteroatoms. The molecule has 3 aliphatic heterocycles. The molecule has 5 fully saturated rings. The predicted molar refractivity (Wildman–Crippen MR) is 113 cm³/mol. The fraction of sp³-hybridized carbons (Fsp3) is 0.440. The highest BCUT2D eigenvalue weighted by Crippen LogP contribution is 3.03. The fourth-order valence-corrected chi connectivity index (χ4v) is 9.61. The van der Waals surface area contributed by atoms with Crippen LogP contribution in [0.15, 0.2) is 70.3 Å². The third-order valence-corrected chi connectivity index (χ3v) is 10.0. The summed E-state index contributed by atoms with van der Waals surface area (Å²) in [5.41, 5.74) is 2.21. The van der Waals surface area contributed by atoms with Gasteiger partial charge in [0.15, 0.2) is 0 Å². The molecular formula is C25H22N4O2. The minimum absolute atomic E-state index is 0.132. The molecule has 0 amide bonds. The molecule has 8 atom stereocenters. The highest BCUT2D eigenvalue weighted by molar-refractivity contribution is 5.51. The SMILES string of the molecule is O=c1n(-c2ccccc2)c(=O)n2n1[C@H]1[C@@H]3C4C5[C@@]16CN(Cc1ccccc1)C[C@@]56[C@@H]2[C@@H]43. The summed E-state index contributed by atoms with van der Waals surface area (Å²) in [6.45, 7) is 3.11.